The first kappa shape index (κ1) is 22.4. The molecule has 2 rings (SSSR count). The predicted octanol–water partition coefficient (Wildman–Crippen LogP) is 2.46. The lowest BCUT2D eigenvalue weighted by Gasteiger charge is -2.31. The van der Waals surface area contributed by atoms with Crippen molar-refractivity contribution < 1.29 is 18.3 Å². The molecule has 0 radical (unpaired) electrons. The molecule has 0 bridgehead atoms. The summed E-state index contributed by atoms with van der Waals surface area (Å²) >= 11 is 5.87. The molecule has 0 saturated heterocycles. The number of aliphatic hydroxyl groups is 1. The van der Waals surface area contributed by atoms with Gasteiger partial charge in [-0.1, -0.05) is 41.9 Å². The molecular formula is C20H25ClN2O4S. The minimum atomic E-state index is -4.02. The standard InChI is InChI=1S/C20H25ClN2O4S/c1-15(24)19(20(25)22-2)23(14-6-9-16-7-4-3-5-8-16)28(26,27)18-12-10-17(21)11-13-18/h3-5,7-8,10-13,15,19,24H,6,9,14H2,1-2H3,(H,22,25). The van der Waals surface area contributed by atoms with Gasteiger partial charge in [-0.2, -0.15) is 4.31 Å². The molecule has 0 spiro atoms. The zero-order valence-corrected chi connectivity index (χ0v) is 17.4. The Morgan fingerprint density at radius 2 is 1.75 bits per heavy atom. The van der Waals surface area contributed by atoms with Gasteiger partial charge in [0.1, 0.15) is 6.04 Å². The molecule has 0 aliphatic rings. The highest BCUT2D eigenvalue weighted by atomic mass is 35.5. The topological polar surface area (TPSA) is 86.7 Å². The Labute approximate surface area is 171 Å². The number of sulfonamides is 1. The van der Waals surface area contributed by atoms with Crippen molar-refractivity contribution in [3.63, 3.8) is 0 Å². The van der Waals surface area contributed by atoms with Gasteiger partial charge in [0.25, 0.3) is 0 Å². The van der Waals surface area contributed by atoms with Crippen molar-refractivity contribution in [2.24, 2.45) is 0 Å². The molecule has 0 fully saturated rings. The lowest BCUT2D eigenvalue weighted by molar-refractivity contribution is -0.127. The number of hydrogen-bond acceptors (Lipinski definition) is 4. The van der Waals surface area contributed by atoms with E-state index in [0.717, 1.165) is 9.87 Å². The fourth-order valence-electron chi connectivity index (χ4n) is 2.97. The molecule has 2 aromatic rings. The molecule has 0 aliphatic carbocycles. The van der Waals surface area contributed by atoms with E-state index in [1.165, 1.54) is 38.2 Å². The van der Waals surface area contributed by atoms with E-state index >= 15 is 0 Å². The van der Waals surface area contributed by atoms with E-state index in [4.69, 9.17) is 11.6 Å². The Bertz CT molecular complexity index is 871. The second kappa shape index (κ2) is 10.0. The van der Waals surface area contributed by atoms with Crippen LogP contribution in [0.3, 0.4) is 0 Å². The number of nitrogens with one attached hydrogen (secondary N) is 1. The first-order chi connectivity index (χ1) is 13.3. The zero-order valence-electron chi connectivity index (χ0n) is 15.9. The van der Waals surface area contributed by atoms with Crippen LogP contribution < -0.4 is 5.32 Å². The number of aryl methyl sites for hydroxylation is 1. The van der Waals surface area contributed by atoms with Gasteiger partial charge in [0.15, 0.2) is 0 Å². The van der Waals surface area contributed by atoms with Crippen molar-refractivity contribution >= 4 is 27.5 Å². The summed E-state index contributed by atoms with van der Waals surface area (Å²) in [7, 11) is -2.61. The van der Waals surface area contributed by atoms with Crippen LogP contribution in [-0.4, -0.2) is 49.5 Å². The number of nitrogens with zero attached hydrogens (tertiary/aromatic N) is 1. The molecule has 2 aromatic carbocycles. The number of halogens is 1. The van der Waals surface area contributed by atoms with Crippen molar-refractivity contribution in [2.45, 2.75) is 36.8 Å². The quantitative estimate of drug-likeness (QED) is 0.647. The third kappa shape index (κ3) is 5.54. The van der Waals surface area contributed by atoms with Crippen LogP contribution >= 0.6 is 11.6 Å². The van der Waals surface area contributed by atoms with Crippen LogP contribution in [0.15, 0.2) is 59.5 Å². The fourth-order valence-corrected chi connectivity index (χ4v) is 4.79. The molecule has 0 saturated carbocycles. The third-order valence-electron chi connectivity index (χ3n) is 4.39. The Morgan fingerprint density at radius 1 is 1.14 bits per heavy atom. The molecule has 0 aromatic heterocycles. The molecule has 0 heterocycles. The van der Waals surface area contributed by atoms with Gasteiger partial charge in [-0.05, 0) is 49.6 Å². The van der Waals surface area contributed by atoms with E-state index in [-0.39, 0.29) is 11.4 Å². The first-order valence-electron chi connectivity index (χ1n) is 8.98. The largest absolute Gasteiger partial charge is 0.391 e. The third-order valence-corrected chi connectivity index (χ3v) is 6.54. The molecule has 152 valence electrons. The molecule has 0 aliphatic heterocycles. The van der Waals surface area contributed by atoms with Gasteiger partial charge in [0, 0.05) is 18.6 Å². The van der Waals surface area contributed by atoms with Gasteiger partial charge in [-0.15, -0.1) is 0 Å². The molecule has 28 heavy (non-hydrogen) atoms. The van der Waals surface area contributed by atoms with E-state index in [1.807, 2.05) is 30.3 Å². The van der Waals surface area contributed by atoms with Crippen molar-refractivity contribution in [3.8, 4) is 0 Å². The van der Waals surface area contributed by atoms with Crippen molar-refractivity contribution in [2.75, 3.05) is 13.6 Å². The highest BCUT2D eigenvalue weighted by molar-refractivity contribution is 7.89. The smallest absolute Gasteiger partial charge is 0.243 e. The number of aliphatic hydroxyl groups excluding tert-OH is 1. The highest BCUT2D eigenvalue weighted by Gasteiger charge is 2.38. The summed E-state index contributed by atoms with van der Waals surface area (Å²) in [6.45, 7) is 1.49. The average Bonchev–Trinajstić information content (AvgIpc) is 2.67. The second-order valence-corrected chi connectivity index (χ2v) is 8.79. The maximum Gasteiger partial charge on any atom is 0.243 e. The number of rotatable bonds is 9. The summed E-state index contributed by atoms with van der Waals surface area (Å²) in [4.78, 5) is 12.4. The minimum absolute atomic E-state index is 0.0196. The van der Waals surface area contributed by atoms with Crippen molar-refractivity contribution in [1.82, 2.24) is 9.62 Å². The average molecular weight is 425 g/mol. The predicted molar refractivity (Wildman–Crippen MR) is 110 cm³/mol. The molecule has 1 amide bonds. The molecular weight excluding hydrogens is 400 g/mol. The van der Waals surface area contributed by atoms with Crippen LogP contribution in [0.25, 0.3) is 0 Å². The first-order valence-corrected chi connectivity index (χ1v) is 10.8. The summed E-state index contributed by atoms with van der Waals surface area (Å²) in [6, 6.07) is 14.2. The summed E-state index contributed by atoms with van der Waals surface area (Å²) in [5.41, 5.74) is 1.07. The molecule has 2 N–H and O–H groups in total. The molecule has 6 nitrogen and oxygen atoms in total. The Morgan fingerprint density at radius 3 is 2.29 bits per heavy atom. The number of amides is 1. The molecule has 2 atom stereocenters. The number of hydrogen-bond donors (Lipinski definition) is 2. The van der Waals surface area contributed by atoms with Crippen LogP contribution in [0.5, 0.6) is 0 Å². The SMILES string of the molecule is CNC(=O)C(C(C)O)N(CCCc1ccccc1)S(=O)(=O)c1ccc(Cl)cc1. The van der Waals surface area contributed by atoms with Crippen LogP contribution in [0, 0.1) is 0 Å². The van der Waals surface area contributed by atoms with E-state index in [0.29, 0.717) is 17.9 Å². The lowest BCUT2D eigenvalue weighted by atomic mass is 10.1. The van der Waals surface area contributed by atoms with Crippen LogP contribution in [-0.2, 0) is 21.2 Å². The second-order valence-electron chi connectivity index (χ2n) is 6.46. The van der Waals surface area contributed by atoms with E-state index in [1.54, 1.807) is 0 Å². The minimum Gasteiger partial charge on any atom is -0.391 e. The van der Waals surface area contributed by atoms with Gasteiger partial charge < -0.3 is 10.4 Å². The van der Waals surface area contributed by atoms with Gasteiger partial charge in [-0.25, -0.2) is 8.42 Å². The number of carbonyl (C=O) groups is 1. The fraction of sp³-hybridized carbons (Fsp3) is 0.350. The van der Waals surface area contributed by atoms with Crippen molar-refractivity contribution in [3.05, 3.63) is 65.2 Å². The lowest BCUT2D eigenvalue weighted by Crippen LogP contribution is -2.54. The number of likely N-dealkylation sites (N-methyl/N-ethyl adjacent to an activating group) is 1. The molecule has 2 unspecified atom stereocenters. The normalized spacial score (nSPS) is 13.9. The van der Waals surface area contributed by atoms with Gasteiger partial charge in [0.2, 0.25) is 15.9 Å². The van der Waals surface area contributed by atoms with Crippen LogP contribution in [0.2, 0.25) is 5.02 Å². The zero-order chi connectivity index (χ0) is 20.7. The summed E-state index contributed by atoms with van der Waals surface area (Å²) in [5, 5.41) is 13.0. The van der Waals surface area contributed by atoms with E-state index in [9.17, 15) is 18.3 Å². The number of benzene rings is 2. The Balaban J connectivity index is 2.33. The van der Waals surface area contributed by atoms with E-state index in [2.05, 4.69) is 5.32 Å². The van der Waals surface area contributed by atoms with Crippen LogP contribution in [0.1, 0.15) is 18.9 Å². The summed E-state index contributed by atoms with van der Waals surface area (Å²) in [5.74, 6) is -0.563. The van der Waals surface area contributed by atoms with Crippen molar-refractivity contribution in [1.29, 1.82) is 0 Å². The Kier molecular flexibility index (Phi) is 8.00. The van der Waals surface area contributed by atoms with Gasteiger partial charge in [-0.3, -0.25) is 4.79 Å². The summed E-state index contributed by atoms with van der Waals surface area (Å²) < 4.78 is 27.6. The van der Waals surface area contributed by atoms with E-state index < -0.39 is 28.1 Å². The Hall–Kier alpha value is -1.93. The van der Waals surface area contributed by atoms with Gasteiger partial charge >= 0.3 is 0 Å². The maximum absolute atomic E-state index is 13.2. The van der Waals surface area contributed by atoms with Crippen LogP contribution in [0.4, 0.5) is 0 Å². The maximum atomic E-state index is 13.2. The highest BCUT2D eigenvalue weighted by Crippen LogP contribution is 2.23. The van der Waals surface area contributed by atoms with Gasteiger partial charge in [0.05, 0.1) is 11.0 Å². The number of carbonyl (C=O) groups excluding carboxylic acids is 1. The monoisotopic (exact) mass is 424 g/mol. The molecule has 8 heteroatoms. The summed E-state index contributed by atoms with van der Waals surface area (Å²) in [6.07, 6.45) is -0.0381.